The summed E-state index contributed by atoms with van der Waals surface area (Å²) in [4.78, 5) is 23.2. The number of amides is 1. The highest BCUT2D eigenvalue weighted by Gasteiger charge is 2.26. The van der Waals surface area contributed by atoms with Gasteiger partial charge in [-0.25, -0.2) is 9.37 Å². The van der Waals surface area contributed by atoms with Gasteiger partial charge in [0.2, 0.25) is 0 Å². The topological polar surface area (TPSA) is 82.6 Å². The third-order valence-electron chi connectivity index (χ3n) is 6.02. The van der Waals surface area contributed by atoms with Gasteiger partial charge in [0.15, 0.2) is 0 Å². The van der Waals surface area contributed by atoms with E-state index >= 15 is 0 Å². The fraction of sp³-hybridized carbons (Fsp3) is 0.222. The van der Waals surface area contributed by atoms with E-state index in [-0.39, 0.29) is 6.04 Å². The number of nitrogens with one attached hydrogen (secondary N) is 2. The number of anilines is 3. The number of pyridine rings is 2. The number of morpholine rings is 1. The Morgan fingerprint density at radius 2 is 2.00 bits per heavy atom. The Hall–Kier alpha value is -4.24. The minimum Gasteiger partial charge on any atom is -0.378 e. The lowest BCUT2D eigenvalue weighted by molar-refractivity contribution is -0.112. The first kappa shape index (κ1) is 23.5. The molecule has 2 aliphatic heterocycles. The monoisotopic (exact) mass is 486 g/mol. The lowest BCUT2D eigenvalue weighted by Crippen LogP contribution is -2.36. The number of fused-ring (bicyclic) bond motifs is 1. The van der Waals surface area contributed by atoms with Crippen LogP contribution in [0.5, 0.6) is 0 Å². The van der Waals surface area contributed by atoms with E-state index in [2.05, 4.69) is 25.6 Å². The fourth-order valence-electron chi connectivity index (χ4n) is 4.37. The van der Waals surface area contributed by atoms with E-state index in [1.807, 2.05) is 66.1 Å². The Kier molecular flexibility index (Phi) is 6.90. The summed E-state index contributed by atoms with van der Waals surface area (Å²) in [6.45, 7) is 4.31. The van der Waals surface area contributed by atoms with Gasteiger partial charge in [0.25, 0.3) is 5.91 Å². The van der Waals surface area contributed by atoms with Gasteiger partial charge in [-0.2, -0.15) is 0 Å². The molecule has 0 spiro atoms. The van der Waals surface area contributed by atoms with Crippen molar-refractivity contribution in [3.8, 4) is 0 Å². The van der Waals surface area contributed by atoms with Gasteiger partial charge in [-0.05, 0) is 60.0 Å². The fourth-order valence-corrected chi connectivity index (χ4v) is 4.37. The summed E-state index contributed by atoms with van der Waals surface area (Å²) in [5.74, 6) is -0.139. The Morgan fingerprint density at radius 3 is 2.78 bits per heavy atom. The first-order chi connectivity index (χ1) is 17.6. The molecule has 3 aromatic rings. The molecule has 1 unspecified atom stereocenters. The second-order valence-electron chi connectivity index (χ2n) is 8.59. The summed E-state index contributed by atoms with van der Waals surface area (Å²) in [7, 11) is 0. The van der Waals surface area contributed by atoms with E-state index in [1.54, 1.807) is 12.3 Å². The van der Waals surface area contributed by atoms with Crippen LogP contribution in [0.1, 0.15) is 29.7 Å². The van der Waals surface area contributed by atoms with Crippen LogP contribution in [0.4, 0.5) is 21.6 Å². The number of carbonyl (C=O) groups excluding carboxylic acids is 1. The average molecular weight is 487 g/mol. The zero-order valence-electron chi connectivity index (χ0n) is 19.9. The van der Waals surface area contributed by atoms with Crippen LogP contribution in [0.25, 0.3) is 6.08 Å². The summed E-state index contributed by atoms with van der Waals surface area (Å²) in [6, 6.07) is 13.3. The molecule has 36 heavy (non-hydrogen) atoms. The quantitative estimate of drug-likeness (QED) is 0.496. The third-order valence-corrected chi connectivity index (χ3v) is 6.02. The number of nitrogens with zero attached hydrogens (tertiary/aromatic N) is 4. The molecule has 4 heterocycles. The summed E-state index contributed by atoms with van der Waals surface area (Å²) >= 11 is 0. The third kappa shape index (κ3) is 5.36. The van der Waals surface area contributed by atoms with E-state index < -0.39 is 11.7 Å². The van der Waals surface area contributed by atoms with Gasteiger partial charge in [-0.15, -0.1) is 0 Å². The smallest absolute Gasteiger partial charge is 0.250 e. The second-order valence-corrected chi connectivity index (χ2v) is 8.59. The maximum atomic E-state index is 13.1. The predicted octanol–water partition coefficient (Wildman–Crippen LogP) is 4.53. The molecule has 5 rings (SSSR count). The minimum absolute atomic E-state index is 0.206. The second kappa shape index (κ2) is 10.6. The molecular formula is C27H27FN6O2. The van der Waals surface area contributed by atoms with Crippen molar-refractivity contribution in [1.82, 2.24) is 15.0 Å². The number of benzene rings is 1. The number of rotatable bonds is 6. The number of allylic oxidation sites excluding steroid dienone is 1. The number of hydrogen-bond donors (Lipinski definition) is 2. The van der Waals surface area contributed by atoms with Crippen LogP contribution in [-0.4, -0.2) is 47.2 Å². The Morgan fingerprint density at radius 1 is 1.14 bits per heavy atom. The van der Waals surface area contributed by atoms with Crippen molar-refractivity contribution in [2.24, 2.45) is 0 Å². The van der Waals surface area contributed by atoms with E-state index in [0.29, 0.717) is 18.9 Å². The predicted molar refractivity (Wildman–Crippen MR) is 138 cm³/mol. The normalized spacial score (nSPS) is 17.5. The first-order valence-corrected chi connectivity index (χ1v) is 11.8. The van der Waals surface area contributed by atoms with Gasteiger partial charge in [0.1, 0.15) is 17.7 Å². The highest BCUT2D eigenvalue weighted by atomic mass is 19.1. The van der Waals surface area contributed by atoms with Crippen LogP contribution in [0.2, 0.25) is 0 Å². The van der Waals surface area contributed by atoms with Crippen molar-refractivity contribution in [3.63, 3.8) is 0 Å². The minimum atomic E-state index is -0.550. The van der Waals surface area contributed by atoms with Crippen LogP contribution in [-0.2, 0) is 9.53 Å². The highest BCUT2D eigenvalue weighted by molar-refractivity contribution is 5.99. The molecule has 2 aliphatic rings. The molecule has 1 aromatic carbocycles. The lowest BCUT2D eigenvalue weighted by Gasteiger charge is -2.36. The van der Waals surface area contributed by atoms with Crippen molar-refractivity contribution in [3.05, 3.63) is 95.8 Å². The number of hydrogen-bond acceptors (Lipinski definition) is 7. The van der Waals surface area contributed by atoms with Crippen molar-refractivity contribution in [1.29, 1.82) is 0 Å². The molecule has 1 saturated heterocycles. The Bertz CT molecular complexity index is 1280. The van der Waals surface area contributed by atoms with Gasteiger partial charge < -0.3 is 15.0 Å². The van der Waals surface area contributed by atoms with Crippen molar-refractivity contribution >= 4 is 29.2 Å². The molecule has 1 fully saturated rings. The maximum absolute atomic E-state index is 13.1. The maximum Gasteiger partial charge on any atom is 0.250 e. The summed E-state index contributed by atoms with van der Waals surface area (Å²) in [6.07, 6.45) is 10.3. The number of halogens is 1. The van der Waals surface area contributed by atoms with Gasteiger partial charge in [-0.3, -0.25) is 20.2 Å². The van der Waals surface area contributed by atoms with Crippen molar-refractivity contribution in [2.45, 2.75) is 13.0 Å². The Labute approximate surface area is 209 Å². The summed E-state index contributed by atoms with van der Waals surface area (Å²) in [5.41, 5.74) is 7.88. The number of ether oxygens (including phenoxy) is 1. The van der Waals surface area contributed by atoms with E-state index in [9.17, 15) is 9.18 Å². The lowest BCUT2D eigenvalue weighted by atomic mass is 9.93. The van der Waals surface area contributed by atoms with Crippen LogP contribution in [0.15, 0.2) is 79.2 Å². The molecule has 1 amide bonds. The van der Waals surface area contributed by atoms with Crippen molar-refractivity contribution in [2.75, 3.05) is 41.9 Å². The SMILES string of the molecule is C/C(F)=C/C(=O)Nc1cccc(C2c3ccncc3C=CN2Nc2ccc(N3CCOCC3)nc2)c1. The molecule has 0 radical (unpaired) electrons. The molecule has 0 aliphatic carbocycles. The van der Waals surface area contributed by atoms with Crippen LogP contribution in [0, 0.1) is 0 Å². The highest BCUT2D eigenvalue weighted by Crippen LogP contribution is 2.36. The van der Waals surface area contributed by atoms with Crippen LogP contribution >= 0.6 is 0 Å². The number of carbonyl (C=O) groups is 1. The van der Waals surface area contributed by atoms with Crippen molar-refractivity contribution < 1.29 is 13.9 Å². The van der Waals surface area contributed by atoms with E-state index in [1.165, 1.54) is 6.92 Å². The molecule has 0 bridgehead atoms. The zero-order valence-corrected chi connectivity index (χ0v) is 19.9. The first-order valence-electron chi connectivity index (χ1n) is 11.8. The standard InChI is InChI=1S/C27H27FN6O2/c1-19(28)15-26(35)31-22-4-2-3-20(16-22)27-24-7-9-29-17-21(24)8-10-34(27)32-23-5-6-25(30-18-23)33-11-13-36-14-12-33/h2-10,15-18,27,32H,11-14H2,1H3,(H,31,35)/b19-15-. The molecule has 9 heteroatoms. The van der Waals surface area contributed by atoms with Gasteiger partial charge in [0, 0.05) is 43.4 Å². The Balaban J connectivity index is 1.41. The average Bonchev–Trinajstić information content (AvgIpc) is 2.89. The molecule has 8 nitrogen and oxygen atoms in total. The molecule has 0 saturated carbocycles. The molecule has 1 atom stereocenters. The number of aromatic nitrogens is 2. The van der Waals surface area contributed by atoms with Gasteiger partial charge in [0.05, 0.1) is 25.1 Å². The van der Waals surface area contributed by atoms with Crippen LogP contribution in [0.3, 0.4) is 0 Å². The largest absolute Gasteiger partial charge is 0.378 e. The van der Waals surface area contributed by atoms with Crippen LogP contribution < -0.4 is 15.6 Å². The molecule has 2 aromatic heterocycles. The summed E-state index contributed by atoms with van der Waals surface area (Å²) < 4.78 is 18.6. The molecule has 2 N–H and O–H groups in total. The zero-order chi connectivity index (χ0) is 24.9. The molecule has 184 valence electrons. The number of hydrazine groups is 1. The summed E-state index contributed by atoms with van der Waals surface area (Å²) in [5, 5.41) is 4.73. The molecular weight excluding hydrogens is 459 g/mol. The van der Waals surface area contributed by atoms with Gasteiger partial charge in [-0.1, -0.05) is 12.1 Å². The van der Waals surface area contributed by atoms with E-state index in [0.717, 1.165) is 47.4 Å². The van der Waals surface area contributed by atoms with E-state index in [4.69, 9.17) is 4.74 Å². The van der Waals surface area contributed by atoms with Gasteiger partial charge >= 0.3 is 0 Å².